The number of fused-ring (bicyclic) bond motifs is 1. The molecular formula is C18H20O2Si. The van der Waals surface area contributed by atoms with Gasteiger partial charge in [0.25, 0.3) is 0 Å². The fourth-order valence-corrected chi connectivity index (χ4v) is 4.33. The van der Waals surface area contributed by atoms with Gasteiger partial charge in [-0.05, 0) is 30.8 Å². The largest absolute Gasteiger partial charge is 0.401 e. The molecule has 3 heteroatoms. The fourth-order valence-electron chi connectivity index (χ4n) is 3.01. The van der Waals surface area contributed by atoms with Crippen LogP contribution in [0.2, 0.25) is 19.6 Å². The molecule has 2 aromatic carbocycles. The summed E-state index contributed by atoms with van der Waals surface area (Å²) >= 11 is 0. The Morgan fingerprint density at radius 3 is 2.24 bits per heavy atom. The maximum absolute atomic E-state index is 13.1. The lowest BCUT2D eigenvalue weighted by Crippen LogP contribution is -2.53. The Balaban J connectivity index is 2.06. The van der Waals surface area contributed by atoms with Crippen LogP contribution in [0, 0.1) is 0 Å². The average molecular weight is 296 g/mol. The third kappa shape index (κ3) is 2.47. The van der Waals surface area contributed by atoms with Crippen molar-refractivity contribution in [3.8, 4) is 0 Å². The van der Waals surface area contributed by atoms with E-state index < -0.39 is 13.9 Å². The van der Waals surface area contributed by atoms with E-state index in [1.807, 2.05) is 48.5 Å². The third-order valence-corrected chi connectivity index (χ3v) is 4.74. The second kappa shape index (κ2) is 4.93. The average Bonchev–Trinajstić information content (AvgIpc) is 2.44. The number of Topliss-reactive ketones (excluding diaryl/α,β-unsaturated/α-hetero) is 1. The van der Waals surface area contributed by atoms with Crippen LogP contribution in [0.1, 0.15) is 21.5 Å². The molecule has 1 aliphatic carbocycles. The van der Waals surface area contributed by atoms with E-state index in [9.17, 15) is 4.79 Å². The predicted molar refractivity (Wildman–Crippen MR) is 87.0 cm³/mol. The van der Waals surface area contributed by atoms with Gasteiger partial charge in [-0.15, -0.1) is 0 Å². The SMILES string of the molecule is C[Si](C)(C)O[C@@]1(C(=O)c2ccccc2)Cc2ccccc21. The first-order chi connectivity index (χ1) is 9.92. The number of carbonyl (C=O) groups excluding carboxylic acids is 1. The summed E-state index contributed by atoms with van der Waals surface area (Å²) in [6.07, 6.45) is 0.682. The standard InChI is InChI=1S/C18H20O2Si/c1-21(2,3)20-18(13-15-11-7-8-12-16(15)18)17(19)14-9-5-4-6-10-14/h4-12H,13H2,1-3H3/t18-/m0/s1. The molecule has 0 aliphatic heterocycles. The Labute approximate surface area is 126 Å². The Morgan fingerprint density at radius 2 is 1.62 bits per heavy atom. The molecule has 0 bridgehead atoms. The molecule has 0 unspecified atom stereocenters. The summed E-state index contributed by atoms with van der Waals surface area (Å²) in [5.41, 5.74) is 2.22. The molecule has 1 atom stereocenters. The smallest absolute Gasteiger partial charge is 0.198 e. The highest BCUT2D eigenvalue weighted by Gasteiger charge is 2.52. The lowest BCUT2D eigenvalue weighted by molar-refractivity contribution is 0.0280. The quantitative estimate of drug-likeness (QED) is 0.625. The maximum atomic E-state index is 13.1. The van der Waals surface area contributed by atoms with Gasteiger partial charge in [-0.2, -0.15) is 0 Å². The lowest BCUT2D eigenvalue weighted by Gasteiger charge is -2.46. The van der Waals surface area contributed by atoms with E-state index in [0.717, 1.165) is 11.1 Å². The minimum Gasteiger partial charge on any atom is -0.401 e. The Bertz CT molecular complexity index is 673. The highest BCUT2D eigenvalue weighted by Crippen LogP contribution is 2.46. The van der Waals surface area contributed by atoms with Gasteiger partial charge in [0.1, 0.15) is 5.60 Å². The van der Waals surface area contributed by atoms with E-state index in [4.69, 9.17) is 4.43 Å². The molecule has 0 spiro atoms. The van der Waals surface area contributed by atoms with Crippen LogP contribution < -0.4 is 0 Å². The predicted octanol–water partition coefficient (Wildman–Crippen LogP) is 4.17. The molecule has 1 aliphatic rings. The van der Waals surface area contributed by atoms with Gasteiger partial charge in [0.15, 0.2) is 14.1 Å². The summed E-state index contributed by atoms with van der Waals surface area (Å²) in [5.74, 6) is 0.0872. The molecule has 0 saturated carbocycles. The number of rotatable bonds is 4. The molecule has 3 rings (SSSR count). The van der Waals surface area contributed by atoms with E-state index in [1.54, 1.807) is 0 Å². The van der Waals surface area contributed by atoms with Crippen molar-refractivity contribution in [3.63, 3.8) is 0 Å². The van der Waals surface area contributed by atoms with Crippen molar-refractivity contribution in [2.75, 3.05) is 0 Å². The van der Waals surface area contributed by atoms with Crippen LogP contribution in [-0.2, 0) is 16.4 Å². The first kappa shape index (κ1) is 14.2. The van der Waals surface area contributed by atoms with Crippen molar-refractivity contribution in [3.05, 3.63) is 71.3 Å². The van der Waals surface area contributed by atoms with Gasteiger partial charge in [0, 0.05) is 12.0 Å². The molecule has 0 aromatic heterocycles. The molecule has 108 valence electrons. The molecule has 0 radical (unpaired) electrons. The molecule has 0 heterocycles. The zero-order valence-corrected chi connectivity index (χ0v) is 13.7. The zero-order valence-electron chi connectivity index (χ0n) is 12.7. The summed E-state index contributed by atoms with van der Waals surface area (Å²) in [5, 5.41) is 0. The number of hydrogen-bond donors (Lipinski definition) is 0. The second-order valence-corrected chi connectivity index (χ2v) is 11.0. The van der Waals surface area contributed by atoms with Gasteiger partial charge in [-0.3, -0.25) is 4.79 Å². The van der Waals surface area contributed by atoms with Crippen molar-refractivity contribution >= 4 is 14.1 Å². The summed E-state index contributed by atoms with van der Waals surface area (Å²) in [6.45, 7) is 6.40. The molecule has 0 amide bonds. The Morgan fingerprint density at radius 1 is 1.00 bits per heavy atom. The molecule has 0 N–H and O–H groups in total. The topological polar surface area (TPSA) is 26.3 Å². The van der Waals surface area contributed by atoms with Crippen LogP contribution in [-0.4, -0.2) is 14.1 Å². The van der Waals surface area contributed by atoms with Crippen molar-refractivity contribution in [1.82, 2.24) is 0 Å². The van der Waals surface area contributed by atoms with E-state index >= 15 is 0 Å². The third-order valence-electron chi connectivity index (χ3n) is 3.78. The summed E-state index contributed by atoms with van der Waals surface area (Å²) in [4.78, 5) is 13.1. The normalized spacial score (nSPS) is 20.5. The molecule has 21 heavy (non-hydrogen) atoms. The van der Waals surface area contributed by atoms with E-state index in [0.29, 0.717) is 6.42 Å². The molecule has 2 nitrogen and oxygen atoms in total. The van der Waals surface area contributed by atoms with Crippen molar-refractivity contribution < 1.29 is 9.22 Å². The minimum atomic E-state index is -1.85. The van der Waals surface area contributed by atoms with Crippen molar-refractivity contribution in [2.45, 2.75) is 31.7 Å². The highest BCUT2D eigenvalue weighted by molar-refractivity contribution is 6.70. The number of benzene rings is 2. The summed E-state index contributed by atoms with van der Waals surface area (Å²) in [7, 11) is -1.85. The van der Waals surface area contributed by atoms with Gasteiger partial charge >= 0.3 is 0 Å². The Kier molecular flexibility index (Phi) is 3.34. The van der Waals surface area contributed by atoms with Gasteiger partial charge in [0.2, 0.25) is 0 Å². The number of ketones is 1. The zero-order chi connectivity index (χ0) is 15.1. The Hall–Kier alpha value is -1.71. The van der Waals surface area contributed by atoms with Gasteiger partial charge in [-0.1, -0.05) is 54.6 Å². The van der Waals surface area contributed by atoms with E-state index in [-0.39, 0.29) is 5.78 Å². The van der Waals surface area contributed by atoms with E-state index in [1.165, 1.54) is 5.56 Å². The molecule has 0 saturated heterocycles. The van der Waals surface area contributed by atoms with Crippen LogP contribution >= 0.6 is 0 Å². The van der Waals surface area contributed by atoms with Gasteiger partial charge < -0.3 is 4.43 Å². The van der Waals surface area contributed by atoms with Crippen LogP contribution in [0.15, 0.2) is 54.6 Å². The molecule has 0 fully saturated rings. The van der Waals surface area contributed by atoms with Crippen LogP contribution in [0.4, 0.5) is 0 Å². The van der Waals surface area contributed by atoms with E-state index in [2.05, 4.69) is 25.7 Å². The fraction of sp³-hybridized carbons (Fsp3) is 0.278. The first-order valence-corrected chi connectivity index (χ1v) is 10.7. The lowest BCUT2D eigenvalue weighted by atomic mass is 9.69. The summed E-state index contributed by atoms with van der Waals surface area (Å²) < 4.78 is 6.39. The van der Waals surface area contributed by atoms with Crippen LogP contribution in [0.25, 0.3) is 0 Å². The first-order valence-electron chi connectivity index (χ1n) is 7.31. The minimum absolute atomic E-state index is 0.0872. The van der Waals surface area contributed by atoms with Gasteiger partial charge in [0.05, 0.1) is 0 Å². The van der Waals surface area contributed by atoms with Crippen molar-refractivity contribution in [2.24, 2.45) is 0 Å². The number of hydrogen-bond acceptors (Lipinski definition) is 2. The molecule has 2 aromatic rings. The maximum Gasteiger partial charge on any atom is 0.198 e. The second-order valence-electron chi connectivity index (χ2n) is 6.57. The van der Waals surface area contributed by atoms with Crippen LogP contribution in [0.5, 0.6) is 0 Å². The highest BCUT2D eigenvalue weighted by atomic mass is 28.4. The van der Waals surface area contributed by atoms with Gasteiger partial charge in [-0.25, -0.2) is 0 Å². The monoisotopic (exact) mass is 296 g/mol. The van der Waals surface area contributed by atoms with Crippen LogP contribution in [0.3, 0.4) is 0 Å². The number of carbonyl (C=O) groups is 1. The van der Waals surface area contributed by atoms with Crippen molar-refractivity contribution in [1.29, 1.82) is 0 Å². The summed E-state index contributed by atoms with van der Waals surface area (Å²) in [6, 6.07) is 17.6. The molecular weight excluding hydrogens is 276 g/mol.